The van der Waals surface area contributed by atoms with Gasteiger partial charge in [0.1, 0.15) is 0 Å². The van der Waals surface area contributed by atoms with Crippen LogP contribution in [0.1, 0.15) is 51.9 Å². The number of hydrogen-bond donors (Lipinski definition) is 0. The molecule has 2 aromatic rings. The molecule has 20 heavy (non-hydrogen) atoms. The highest BCUT2D eigenvalue weighted by molar-refractivity contribution is 5.78. The lowest BCUT2D eigenvalue weighted by atomic mass is 9.89. The molecule has 0 atom stereocenters. The Labute approximate surface area is 118 Å². The molecule has 0 amide bonds. The Morgan fingerprint density at radius 3 is 2.60 bits per heavy atom. The van der Waals surface area contributed by atoms with Gasteiger partial charge in [-0.25, -0.2) is 4.79 Å². The molecule has 0 N–H and O–H groups in total. The molecular formula is C13H20N6O. The summed E-state index contributed by atoms with van der Waals surface area (Å²) in [7, 11) is 0. The van der Waals surface area contributed by atoms with Crippen LogP contribution in [0, 0.1) is 0 Å². The molecule has 2 rings (SSSR count). The Morgan fingerprint density at radius 1 is 1.30 bits per heavy atom. The number of nitrogens with zero attached hydrogens (tertiary/aromatic N) is 6. The standard InChI is InChI=1S/C13H20N6O/c1-5-6-7-10-11(13(2,3)4)15-17-19(10)12(20)18-9-8-14-16-18/h8-9H,5-7H2,1-4H3. The zero-order valence-electron chi connectivity index (χ0n) is 12.4. The molecule has 0 spiro atoms. The summed E-state index contributed by atoms with van der Waals surface area (Å²) >= 11 is 0. The molecule has 7 heteroatoms. The van der Waals surface area contributed by atoms with Gasteiger partial charge in [-0.3, -0.25) is 0 Å². The van der Waals surface area contributed by atoms with Crippen molar-refractivity contribution < 1.29 is 4.79 Å². The second kappa shape index (κ2) is 5.52. The summed E-state index contributed by atoms with van der Waals surface area (Å²) < 4.78 is 2.50. The van der Waals surface area contributed by atoms with Crippen LogP contribution < -0.4 is 0 Å². The predicted octanol–water partition coefficient (Wildman–Crippen LogP) is 2.03. The number of carbonyl (C=O) groups excluding carboxylic acids is 1. The minimum Gasteiger partial charge on any atom is -0.243 e. The molecule has 0 fully saturated rings. The van der Waals surface area contributed by atoms with Gasteiger partial charge in [0.2, 0.25) is 0 Å². The second-order valence-electron chi connectivity index (χ2n) is 5.78. The molecule has 0 aliphatic carbocycles. The minimum atomic E-state index is -0.350. The first kappa shape index (κ1) is 14.4. The number of aromatic nitrogens is 6. The average Bonchev–Trinajstić information content (AvgIpc) is 3.03. The predicted molar refractivity (Wildman–Crippen MR) is 73.5 cm³/mol. The highest BCUT2D eigenvalue weighted by Crippen LogP contribution is 2.24. The van der Waals surface area contributed by atoms with Gasteiger partial charge < -0.3 is 0 Å². The highest BCUT2D eigenvalue weighted by atomic mass is 16.2. The summed E-state index contributed by atoms with van der Waals surface area (Å²) in [5, 5.41) is 15.6. The fourth-order valence-electron chi connectivity index (χ4n) is 2.01. The van der Waals surface area contributed by atoms with Gasteiger partial charge in [-0.1, -0.05) is 44.5 Å². The normalized spacial score (nSPS) is 11.8. The van der Waals surface area contributed by atoms with Gasteiger partial charge >= 0.3 is 6.03 Å². The van der Waals surface area contributed by atoms with Gasteiger partial charge in [0.15, 0.2) is 0 Å². The molecule has 7 nitrogen and oxygen atoms in total. The van der Waals surface area contributed by atoms with Crippen molar-refractivity contribution in [2.75, 3.05) is 0 Å². The van der Waals surface area contributed by atoms with Crippen molar-refractivity contribution in [3.8, 4) is 0 Å². The third-order valence-corrected chi connectivity index (χ3v) is 3.04. The van der Waals surface area contributed by atoms with Gasteiger partial charge in [-0.05, 0) is 12.8 Å². The third-order valence-electron chi connectivity index (χ3n) is 3.04. The van der Waals surface area contributed by atoms with Crippen molar-refractivity contribution in [1.29, 1.82) is 0 Å². The van der Waals surface area contributed by atoms with Gasteiger partial charge in [0.25, 0.3) is 0 Å². The Morgan fingerprint density at radius 2 is 2.05 bits per heavy atom. The van der Waals surface area contributed by atoms with Crippen LogP contribution in [0.4, 0.5) is 4.79 Å². The zero-order valence-corrected chi connectivity index (χ0v) is 12.4. The van der Waals surface area contributed by atoms with E-state index in [0.717, 1.165) is 35.3 Å². The molecule has 2 aromatic heterocycles. The topological polar surface area (TPSA) is 78.5 Å². The second-order valence-corrected chi connectivity index (χ2v) is 5.78. The van der Waals surface area contributed by atoms with Crippen LogP contribution in [-0.4, -0.2) is 36.0 Å². The maximum Gasteiger partial charge on any atom is 0.372 e. The molecule has 2 heterocycles. The summed E-state index contributed by atoms with van der Waals surface area (Å²) in [5.41, 5.74) is 1.57. The first-order chi connectivity index (χ1) is 9.45. The summed E-state index contributed by atoms with van der Waals surface area (Å²) in [6.45, 7) is 8.31. The van der Waals surface area contributed by atoms with Crippen LogP contribution in [0.25, 0.3) is 0 Å². The van der Waals surface area contributed by atoms with Crippen LogP contribution in [0.3, 0.4) is 0 Å². The van der Waals surface area contributed by atoms with E-state index in [-0.39, 0.29) is 11.4 Å². The van der Waals surface area contributed by atoms with Crippen LogP contribution in [-0.2, 0) is 11.8 Å². The van der Waals surface area contributed by atoms with E-state index in [1.165, 1.54) is 17.1 Å². The highest BCUT2D eigenvalue weighted by Gasteiger charge is 2.27. The Hall–Kier alpha value is -2.05. The molecule has 0 aliphatic heterocycles. The van der Waals surface area contributed by atoms with Gasteiger partial charge in [0.05, 0.1) is 23.8 Å². The van der Waals surface area contributed by atoms with E-state index >= 15 is 0 Å². The van der Waals surface area contributed by atoms with E-state index < -0.39 is 0 Å². The van der Waals surface area contributed by atoms with Crippen LogP contribution in [0.15, 0.2) is 12.4 Å². The van der Waals surface area contributed by atoms with Crippen molar-refractivity contribution in [3.05, 3.63) is 23.8 Å². The molecule has 0 radical (unpaired) electrons. The number of carbonyl (C=O) groups is 1. The molecule has 0 aromatic carbocycles. The maximum absolute atomic E-state index is 12.4. The van der Waals surface area contributed by atoms with Gasteiger partial charge in [-0.2, -0.15) is 9.36 Å². The summed E-state index contributed by atoms with van der Waals surface area (Å²) in [6, 6.07) is -0.350. The summed E-state index contributed by atoms with van der Waals surface area (Å²) in [6.07, 6.45) is 5.78. The first-order valence-electron chi connectivity index (χ1n) is 6.81. The molecule has 0 unspecified atom stereocenters. The van der Waals surface area contributed by atoms with Gasteiger partial charge in [-0.15, -0.1) is 10.2 Å². The van der Waals surface area contributed by atoms with E-state index in [0.29, 0.717) is 0 Å². The van der Waals surface area contributed by atoms with Gasteiger partial charge in [0, 0.05) is 5.41 Å². The van der Waals surface area contributed by atoms with E-state index in [4.69, 9.17) is 0 Å². The number of unbranched alkanes of at least 4 members (excludes halogenated alkanes) is 1. The Kier molecular flexibility index (Phi) is 3.96. The maximum atomic E-state index is 12.4. The number of rotatable bonds is 3. The van der Waals surface area contributed by atoms with Crippen molar-refractivity contribution in [2.45, 2.75) is 52.4 Å². The molecular weight excluding hydrogens is 256 g/mol. The van der Waals surface area contributed by atoms with Crippen LogP contribution >= 0.6 is 0 Å². The lowest BCUT2D eigenvalue weighted by Crippen LogP contribution is -2.24. The lowest BCUT2D eigenvalue weighted by Gasteiger charge is -2.17. The third kappa shape index (κ3) is 2.76. The monoisotopic (exact) mass is 276 g/mol. The first-order valence-corrected chi connectivity index (χ1v) is 6.81. The molecule has 0 aliphatic rings. The fraction of sp³-hybridized carbons (Fsp3) is 0.615. The average molecular weight is 276 g/mol. The van der Waals surface area contributed by atoms with E-state index in [2.05, 4.69) is 48.3 Å². The van der Waals surface area contributed by atoms with Crippen LogP contribution in [0.2, 0.25) is 0 Å². The minimum absolute atomic E-state index is 0.149. The lowest BCUT2D eigenvalue weighted by molar-refractivity contribution is 0.236. The number of hydrogen-bond acceptors (Lipinski definition) is 5. The fourth-order valence-corrected chi connectivity index (χ4v) is 2.01. The van der Waals surface area contributed by atoms with Crippen LogP contribution in [0.5, 0.6) is 0 Å². The van der Waals surface area contributed by atoms with E-state index in [9.17, 15) is 4.79 Å². The quantitative estimate of drug-likeness (QED) is 0.857. The largest absolute Gasteiger partial charge is 0.372 e. The summed E-state index contributed by atoms with van der Waals surface area (Å²) in [4.78, 5) is 12.4. The molecule has 0 saturated carbocycles. The van der Waals surface area contributed by atoms with Crippen molar-refractivity contribution >= 4 is 6.03 Å². The van der Waals surface area contributed by atoms with E-state index in [1.54, 1.807) is 0 Å². The van der Waals surface area contributed by atoms with Crippen molar-refractivity contribution in [3.63, 3.8) is 0 Å². The molecule has 108 valence electrons. The Balaban J connectivity index is 2.42. The SMILES string of the molecule is CCCCc1c(C(C)(C)C)nnn1C(=O)n1ccnn1. The zero-order chi connectivity index (χ0) is 14.8. The smallest absolute Gasteiger partial charge is 0.243 e. The molecule has 0 saturated heterocycles. The molecule has 0 bridgehead atoms. The Bertz CT molecular complexity index is 579. The van der Waals surface area contributed by atoms with Crippen molar-refractivity contribution in [1.82, 2.24) is 30.0 Å². The van der Waals surface area contributed by atoms with E-state index in [1.807, 2.05) is 0 Å². The summed E-state index contributed by atoms with van der Waals surface area (Å²) in [5.74, 6) is 0. The van der Waals surface area contributed by atoms with Crippen molar-refractivity contribution in [2.24, 2.45) is 0 Å².